The molecule has 2 aliphatic heterocycles. The molecule has 6 heteroatoms. The van der Waals surface area contributed by atoms with Gasteiger partial charge in [0.2, 0.25) is 5.91 Å². The standard InChI is InChI=1S/C16H30N4O.ClH/c1-13(15(21)18-14-3-4-14)20-9-7-19(8-10-20)12-16(2)5-6-17-11-16;/h13-14,17H,3-12H2,1-2H3,(H,18,21);1H. The number of carbonyl (C=O) groups excluding carboxylic acids is 1. The van der Waals surface area contributed by atoms with Gasteiger partial charge in [-0.25, -0.2) is 0 Å². The molecule has 2 N–H and O–H groups in total. The minimum absolute atomic E-state index is 0. The van der Waals surface area contributed by atoms with E-state index in [2.05, 4.69) is 34.3 Å². The van der Waals surface area contributed by atoms with Crippen LogP contribution in [0, 0.1) is 5.41 Å². The Morgan fingerprint density at radius 2 is 2.00 bits per heavy atom. The summed E-state index contributed by atoms with van der Waals surface area (Å²) in [5, 5.41) is 6.60. The van der Waals surface area contributed by atoms with E-state index in [1.54, 1.807) is 0 Å². The normalized spacial score (nSPS) is 31.5. The molecule has 128 valence electrons. The largest absolute Gasteiger partial charge is 0.352 e. The third-order valence-electron chi connectivity index (χ3n) is 5.32. The number of nitrogens with zero attached hydrogens (tertiary/aromatic N) is 2. The highest BCUT2D eigenvalue weighted by molar-refractivity contribution is 5.85. The predicted octanol–water partition coefficient (Wildman–Crippen LogP) is 0.693. The Balaban J connectivity index is 0.00000176. The van der Waals surface area contributed by atoms with Crippen molar-refractivity contribution in [1.29, 1.82) is 0 Å². The number of piperazine rings is 1. The number of hydrogen-bond acceptors (Lipinski definition) is 4. The summed E-state index contributed by atoms with van der Waals surface area (Å²) in [6.45, 7) is 12.2. The summed E-state index contributed by atoms with van der Waals surface area (Å²) in [6.07, 6.45) is 3.62. The Morgan fingerprint density at radius 3 is 2.55 bits per heavy atom. The lowest BCUT2D eigenvalue weighted by Crippen LogP contribution is -2.55. The topological polar surface area (TPSA) is 47.6 Å². The lowest BCUT2D eigenvalue weighted by molar-refractivity contribution is -0.126. The van der Waals surface area contributed by atoms with E-state index >= 15 is 0 Å². The van der Waals surface area contributed by atoms with Crippen LogP contribution in [0.1, 0.15) is 33.1 Å². The first-order chi connectivity index (χ1) is 10.1. The Bertz CT molecular complexity index is 374. The molecule has 1 saturated carbocycles. The van der Waals surface area contributed by atoms with Crippen LogP contribution < -0.4 is 10.6 Å². The van der Waals surface area contributed by atoms with Crippen LogP contribution in [-0.4, -0.2) is 73.6 Å². The van der Waals surface area contributed by atoms with Crippen molar-refractivity contribution in [2.45, 2.75) is 45.2 Å². The molecule has 3 fully saturated rings. The smallest absolute Gasteiger partial charge is 0.237 e. The van der Waals surface area contributed by atoms with Crippen molar-refractivity contribution in [2.75, 3.05) is 45.8 Å². The fourth-order valence-corrected chi connectivity index (χ4v) is 3.57. The highest BCUT2D eigenvalue weighted by atomic mass is 35.5. The van der Waals surface area contributed by atoms with E-state index in [-0.39, 0.29) is 24.4 Å². The molecule has 3 aliphatic rings. The molecule has 22 heavy (non-hydrogen) atoms. The van der Waals surface area contributed by atoms with E-state index in [0.29, 0.717) is 11.5 Å². The minimum atomic E-state index is 0. The average Bonchev–Trinajstić information content (AvgIpc) is 3.18. The molecule has 0 spiro atoms. The van der Waals surface area contributed by atoms with Gasteiger partial charge in [-0.05, 0) is 38.1 Å². The summed E-state index contributed by atoms with van der Waals surface area (Å²) < 4.78 is 0. The number of nitrogens with one attached hydrogen (secondary N) is 2. The van der Waals surface area contributed by atoms with Crippen molar-refractivity contribution in [2.24, 2.45) is 5.41 Å². The molecule has 2 heterocycles. The maximum Gasteiger partial charge on any atom is 0.237 e. The van der Waals surface area contributed by atoms with E-state index in [1.165, 1.54) is 25.8 Å². The molecule has 0 aromatic heterocycles. The third kappa shape index (κ3) is 4.57. The molecule has 2 saturated heterocycles. The van der Waals surface area contributed by atoms with Gasteiger partial charge < -0.3 is 15.5 Å². The van der Waals surface area contributed by atoms with Crippen LogP contribution in [0.5, 0.6) is 0 Å². The SMILES string of the molecule is CC(C(=O)NC1CC1)N1CCN(CC2(C)CCNC2)CC1.Cl. The fourth-order valence-electron chi connectivity index (χ4n) is 3.57. The number of carbonyl (C=O) groups is 1. The van der Waals surface area contributed by atoms with E-state index in [0.717, 1.165) is 39.3 Å². The maximum atomic E-state index is 12.1. The second kappa shape index (κ2) is 7.47. The molecule has 2 unspecified atom stereocenters. The van der Waals surface area contributed by atoms with Gasteiger partial charge in [0.1, 0.15) is 0 Å². The van der Waals surface area contributed by atoms with Gasteiger partial charge in [-0.2, -0.15) is 0 Å². The van der Waals surface area contributed by atoms with Crippen LogP contribution in [0.3, 0.4) is 0 Å². The maximum absolute atomic E-state index is 12.1. The Morgan fingerprint density at radius 1 is 1.32 bits per heavy atom. The van der Waals surface area contributed by atoms with Crippen molar-refractivity contribution in [3.05, 3.63) is 0 Å². The zero-order valence-electron chi connectivity index (χ0n) is 13.9. The van der Waals surface area contributed by atoms with Crippen LogP contribution in [0.15, 0.2) is 0 Å². The van der Waals surface area contributed by atoms with Crippen LogP contribution in [0.25, 0.3) is 0 Å². The number of amides is 1. The molecule has 2 atom stereocenters. The molecule has 3 rings (SSSR count). The molecular weight excluding hydrogens is 300 g/mol. The highest BCUT2D eigenvalue weighted by Gasteiger charge is 2.33. The first-order valence-electron chi connectivity index (χ1n) is 8.53. The summed E-state index contributed by atoms with van der Waals surface area (Å²) in [5.74, 6) is 0.220. The molecule has 0 bridgehead atoms. The molecular formula is C16H31ClN4O. The van der Waals surface area contributed by atoms with Crippen LogP contribution in [-0.2, 0) is 4.79 Å². The first kappa shape index (κ1) is 18.0. The van der Waals surface area contributed by atoms with Crippen LogP contribution >= 0.6 is 12.4 Å². The number of hydrogen-bond donors (Lipinski definition) is 2. The zero-order chi connectivity index (χ0) is 14.9. The summed E-state index contributed by atoms with van der Waals surface area (Å²) in [5.41, 5.74) is 0.442. The van der Waals surface area contributed by atoms with E-state index in [1.807, 2.05) is 0 Å². The van der Waals surface area contributed by atoms with Gasteiger partial charge in [-0.15, -0.1) is 12.4 Å². The summed E-state index contributed by atoms with van der Waals surface area (Å²) in [7, 11) is 0. The quantitative estimate of drug-likeness (QED) is 0.779. The zero-order valence-corrected chi connectivity index (χ0v) is 14.8. The van der Waals surface area contributed by atoms with Gasteiger partial charge in [0, 0.05) is 45.3 Å². The summed E-state index contributed by atoms with van der Waals surface area (Å²) >= 11 is 0. The Kier molecular flexibility index (Phi) is 6.11. The van der Waals surface area contributed by atoms with Crippen LogP contribution in [0.4, 0.5) is 0 Å². The molecule has 0 radical (unpaired) electrons. The summed E-state index contributed by atoms with van der Waals surface area (Å²) in [4.78, 5) is 17.0. The highest BCUT2D eigenvalue weighted by Crippen LogP contribution is 2.26. The minimum Gasteiger partial charge on any atom is -0.352 e. The molecule has 5 nitrogen and oxygen atoms in total. The lowest BCUT2D eigenvalue weighted by atomic mass is 9.89. The first-order valence-corrected chi connectivity index (χ1v) is 8.53. The summed E-state index contributed by atoms with van der Waals surface area (Å²) in [6, 6.07) is 0.493. The van der Waals surface area contributed by atoms with Gasteiger partial charge in [-0.1, -0.05) is 6.92 Å². The Hall–Kier alpha value is -0.360. The van der Waals surface area contributed by atoms with Crippen molar-refractivity contribution in [3.8, 4) is 0 Å². The van der Waals surface area contributed by atoms with Crippen molar-refractivity contribution < 1.29 is 4.79 Å². The second-order valence-corrected chi connectivity index (χ2v) is 7.51. The van der Waals surface area contributed by atoms with Gasteiger partial charge >= 0.3 is 0 Å². The third-order valence-corrected chi connectivity index (χ3v) is 5.32. The average molecular weight is 331 g/mol. The van der Waals surface area contributed by atoms with Crippen molar-refractivity contribution in [3.63, 3.8) is 0 Å². The Labute approximate surface area is 140 Å². The van der Waals surface area contributed by atoms with E-state index < -0.39 is 0 Å². The molecule has 0 aromatic carbocycles. The number of halogens is 1. The second-order valence-electron chi connectivity index (χ2n) is 7.51. The van der Waals surface area contributed by atoms with Crippen molar-refractivity contribution in [1.82, 2.24) is 20.4 Å². The van der Waals surface area contributed by atoms with E-state index in [9.17, 15) is 4.79 Å². The van der Waals surface area contributed by atoms with Gasteiger partial charge in [0.15, 0.2) is 0 Å². The molecule has 0 aromatic rings. The van der Waals surface area contributed by atoms with Gasteiger partial charge in [0.25, 0.3) is 0 Å². The van der Waals surface area contributed by atoms with Crippen molar-refractivity contribution >= 4 is 18.3 Å². The van der Waals surface area contributed by atoms with Crippen LogP contribution in [0.2, 0.25) is 0 Å². The molecule has 1 amide bonds. The predicted molar refractivity (Wildman–Crippen MR) is 91.5 cm³/mol. The number of rotatable bonds is 5. The van der Waals surface area contributed by atoms with Gasteiger partial charge in [-0.3, -0.25) is 9.69 Å². The van der Waals surface area contributed by atoms with Gasteiger partial charge in [0.05, 0.1) is 6.04 Å². The fraction of sp³-hybridized carbons (Fsp3) is 0.938. The van der Waals surface area contributed by atoms with E-state index in [4.69, 9.17) is 0 Å². The monoisotopic (exact) mass is 330 g/mol. The lowest BCUT2D eigenvalue weighted by Gasteiger charge is -2.40. The molecule has 1 aliphatic carbocycles.